The van der Waals surface area contributed by atoms with Gasteiger partial charge in [0, 0.05) is 44.5 Å². The summed E-state index contributed by atoms with van der Waals surface area (Å²) in [6.07, 6.45) is 6.24. The number of pyridine rings is 1. The number of likely N-dealkylation sites (tertiary alicyclic amines) is 1. The van der Waals surface area contributed by atoms with Crippen LogP contribution in [0.15, 0.2) is 24.5 Å². The minimum absolute atomic E-state index is 0.271. The van der Waals surface area contributed by atoms with Crippen LogP contribution >= 0.6 is 0 Å². The molecule has 22 heavy (non-hydrogen) atoms. The Morgan fingerprint density at radius 2 is 2.00 bits per heavy atom. The second kappa shape index (κ2) is 7.20. The third-order valence-electron chi connectivity index (χ3n) is 4.84. The summed E-state index contributed by atoms with van der Waals surface area (Å²) in [6.45, 7) is 6.40. The summed E-state index contributed by atoms with van der Waals surface area (Å²) >= 11 is 0. The SMILES string of the molecule is CCC(=O)N1CC[C@H](N2CCOCC2)[C@H]1Cc1ccncc1. The monoisotopic (exact) mass is 303 g/mol. The van der Waals surface area contributed by atoms with E-state index in [0.717, 1.165) is 45.7 Å². The molecular weight excluding hydrogens is 278 g/mol. The van der Waals surface area contributed by atoms with E-state index >= 15 is 0 Å². The Morgan fingerprint density at radius 3 is 2.68 bits per heavy atom. The van der Waals surface area contributed by atoms with Crippen molar-refractivity contribution < 1.29 is 9.53 Å². The molecule has 0 saturated carbocycles. The van der Waals surface area contributed by atoms with Crippen molar-refractivity contribution in [3.63, 3.8) is 0 Å². The molecule has 1 aromatic rings. The van der Waals surface area contributed by atoms with Crippen molar-refractivity contribution in [2.24, 2.45) is 0 Å². The minimum atomic E-state index is 0.271. The van der Waals surface area contributed by atoms with E-state index in [1.807, 2.05) is 19.3 Å². The smallest absolute Gasteiger partial charge is 0.222 e. The normalized spacial score (nSPS) is 26.3. The highest BCUT2D eigenvalue weighted by Crippen LogP contribution is 2.27. The average Bonchev–Trinajstić information content (AvgIpc) is 2.99. The maximum Gasteiger partial charge on any atom is 0.222 e. The molecule has 1 amide bonds. The Morgan fingerprint density at radius 1 is 1.27 bits per heavy atom. The highest BCUT2D eigenvalue weighted by molar-refractivity contribution is 5.76. The van der Waals surface area contributed by atoms with E-state index in [0.29, 0.717) is 12.5 Å². The molecule has 5 heteroatoms. The number of carbonyl (C=O) groups excluding carboxylic acids is 1. The molecule has 120 valence electrons. The van der Waals surface area contributed by atoms with E-state index in [9.17, 15) is 4.79 Å². The lowest BCUT2D eigenvalue weighted by atomic mass is 9.99. The summed E-state index contributed by atoms with van der Waals surface area (Å²) in [6, 6.07) is 4.84. The summed E-state index contributed by atoms with van der Waals surface area (Å²) in [5.74, 6) is 0.273. The molecule has 2 aliphatic rings. The van der Waals surface area contributed by atoms with E-state index in [2.05, 4.69) is 26.9 Å². The first-order chi connectivity index (χ1) is 10.8. The van der Waals surface area contributed by atoms with Crippen LogP contribution in [-0.2, 0) is 16.0 Å². The summed E-state index contributed by atoms with van der Waals surface area (Å²) in [4.78, 5) is 21.0. The van der Waals surface area contributed by atoms with Crippen LogP contribution in [-0.4, -0.2) is 65.6 Å². The van der Waals surface area contributed by atoms with E-state index in [4.69, 9.17) is 4.74 Å². The summed E-state index contributed by atoms with van der Waals surface area (Å²) in [7, 11) is 0. The van der Waals surface area contributed by atoms with E-state index in [1.54, 1.807) is 0 Å². The Labute approximate surface area is 132 Å². The van der Waals surface area contributed by atoms with Crippen molar-refractivity contribution >= 4 is 5.91 Å². The van der Waals surface area contributed by atoms with Gasteiger partial charge >= 0.3 is 0 Å². The Kier molecular flexibility index (Phi) is 5.05. The Hall–Kier alpha value is -1.46. The van der Waals surface area contributed by atoms with Crippen LogP contribution in [0.3, 0.4) is 0 Å². The second-order valence-corrected chi connectivity index (χ2v) is 6.07. The topological polar surface area (TPSA) is 45.7 Å². The van der Waals surface area contributed by atoms with Crippen LogP contribution in [0.1, 0.15) is 25.3 Å². The number of hydrogen-bond acceptors (Lipinski definition) is 4. The summed E-state index contributed by atoms with van der Waals surface area (Å²) < 4.78 is 5.48. The fraction of sp³-hybridized carbons (Fsp3) is 0.647. The minimum Gasteiger partial charge on any atom is -0.379 e. The quantitative estimate of drug-likeness (QED) is 0.842. The van der Waals surface area contributed by atoms with Crippen molar-refractivity contribution in [3.8, 4) is 0 Å². The van der Waals surface area contributed by atoms with Crippen LogP contribution in [0.2, 0.25) is 0 Å². The highest BCUT2D eigenvalue weighted by atomic mass is 16.5. The van der Waals surface area contributed by atoms with Gasteiger partial charge in [-0.2, -0.15) is 0 Å². The van der Waals surface area contributed by atoms with Gasteiger partial charge in [-0.25, -0.2) is 0 Å². The second-order valence-electron chi connectivity index (χ2n) is 6.07. The molecule has 2 saturated heterocycles. The molecule has 0 N–H and O–H groups in total. The fourth-order valence-electron chi connectivity index (χ4n) is 3.69. The molecule has 0 unspecified atom stereocenters. The Balaban J connectivity index is 1.77. The van der Waals surface area contributed by atoms with Gasteiger partial charge < -0.3 is 9.64 Å². The predicted octanol–water partition coefficient (Wildman–Crippen LogP) is 1.34. The molecule has 2 aliphatic heterocycles. The first kappa shape index (κ1) is 15.4. The number of morpholine rings is 1. The van der Waals surface area contributed by atoms with Crippen molar-refractivity contribution in [2.75, 3.05) is 32.8 Å². The average molecular weight is 303 g/mol. The van der Waals surface area contributed by atoms with Crippen molar-refractivity contribution in [1.82, 2.24) is 14.8 Å². The van der Waals surface area contributed by atoms with Crippen LogP contribution in [0, 0.1) is 0 Å². The van der Waals surface area contributed by atoms with Crippen LogP contribution in [0.4, 0.5) is 0 Å². The molecule has 5 nitrogen and oxygen atoms in total. The van der Waals surface area contributed by atoms with Gasteiger partial charge in [-0.15, -0.1) is 0 Å². The van der Waals surface area contributed by atoms with Gasteiger partial charge in [-0.3, -0.25) is 14.7 Å². The number of amides is 1. The van der Waals surface area contributed by atoms with E-state index < -0.39 is 0 Å². The van der Waals surface area contributed by atoms with E-state index in [-0.39, 0.29) is 11.9 Å². The highest BCUT2D eigenvalue weighted by Gasteiger charge is 2.39. The number of hydrogen-bond donors (Lipinski definition) is 0. The molecule has 0 aromatic carbocycles. The predicted molar refractivity (Wildman–Crippen MR) is 84.5 cm³/mol. The molecular formula is C17H25N3O2. The molecule has 0 spiro atoms. The van der Waals surface area contributed by atoms with E-state index in [1.165, 1.54) is 5.56 Å². The lowest BCUT2D eigenvalue weighted by molar-refractivity contribution is -0.132. The maximum atomic E-state index is 12.3. The largest absolute Gasteiger partial charge is 0.379 e. The standard InChI is InChI=1S/C17H25N3O2/c1-2-17(21)20-8-5-15(19-9-11-22-12-10-19)16(20)13-14-3-6-18-7-4-14/h3-4,6-7,15-16H,2,5,8-13H2,1H3/t15-,16+/m0/s1. The van der Waals surface area contributed by atoms with Crippen molar-refractivity contribution in [2.45, 2.75) is 38.3 Å². The van der Waals surface area contributed by atoms with Gasteiger partial charge in [-0.1, -0.05) is 6.92 Å². The number of rotatable bonds is 4. The number of nitrogens with zero attached hydrogens (tertiary/aromatic N) is 3. The molecule has 2 atom stereocenters. The van der Waals surface area contributed by atoms with Crippen LogP contribution < -0.4 is 0 Å². The zero-order chi connectivity index (χ0) is 15.4. The lowest BCUT2D eigenvalue weighted by Gasteiger charge is -2.37. The number of carbonyl (C=O) groups is 1. The summed E-state index contributed by atoms with van der Waals surface area (Å²) in [5.41, 5.74) is 1.26. The molecule has 2 fully saturated rings. The van der Waals surface area contributed by atoms with Gasteiger partial charge in [-0.05, 0) is 30.5 Å². The molecule has 0 bridgehead atoms. The lowest BCUT2D eigenvalue weighted by Crippen LogP contribution is -2.51. The molecule has 1 aromatic heterocycles. The molecule has 0 radical (unpaired) electrons. The van der Waals surface area contributed by atoms with Gasteiger partial charge in [0.05, 0.1) is 19.3 Å². The van der Waals surface area contributed by atoms with Crippen molar-refractivity contribution in [3.05, 3.63) is 30.1 Å². The van der Waals surface area contributed by atoms with Gasteiger partial charge in [0.25, 0.3) is 0 Å². The summed E-state index contributed by atoms with van der Waals surface area (Å²) in [5, 5.41) is 0. The van der Waals surface area contributed by atoms with Gasteiger partial charge in [0.1, 0.15) is 0 Å². The Bertz CT molecular complexity index is 488. The van der Waals surface area contributed by atoms with Gasteiger partial charge in [0.15, 0.2) is 0 Å². The number of aromatic nitrogens is 1. The zero-order valence-electron chi connectivity index (χ0n) is 13.3. The molecule has 0 aliphatic carbocycles. The number of ether oxygens (including phenoxy) is 1. The van der Waals surface area contributed by atoms with Crippen molar-refractivity contribution in [1.29, 1.82) is 0 Å². The van der Waals surface area contributed by atoms with Gasteiger partial charge in [0.2, 0.25) is 5.91 Å². The third kappa shape index (κ3) is 3.31. The third-order valence-corrected chi connectivity index (χ3v) is 4.84. The maximum absolute atomic E-state index is 12.3. The first-order valence-electron chi connectivity index (χ1n) is 8.29. The zero-order valence-corrected chi connectivity index (χ0v) is 13.3. The first-order valence-corrected chi connectivity index (χ1v) is 8.29. The molecule has 3 rings (SSSR count). The van der Waals surface area contributed by atoms with Crippen LogP contribution in [0.25, 0.3) is 0 Å². The van der Waals surface area contributed by atoms with Crippen LogP contribution in [0.5, 0.6) is 0 Å². The fourth-order valence-corrected chi connectivity index (χ4v) is 3.69. The molecule has 3 heterocycles.